The quantitative estimate of drug-likeness (QED) is 0.929. The number of hydrogen-bond donors (Lipinski definition) is 1. The Bertz CT molecular complexity index is 726. The molecule has 6 rings (SSSR count). The van der Waals surface area contributed by atoms with Gasteiger partial charge in [-0.15, -0.1) is 11.3 Å². The van der Waals surface area contributed by atoms with Gasteiger partial charge in [-0.3, -0.25) is 4.79 Å². The van der Waals surface area contributed by atoms with Crippen molar-refractivity contribution in [1.82, 2.24) is 10.2 Å². The molecule has 1 aromatic carbocycles. The third-order valence-corrected chi connectivity index (χ3v) is 6.95. The molecule has 0 spiro atoms. The number of hydrogen-bond acceptors (Lipinski definition) is 3. The molecule has 124 valence electrons. The second-order valence-electron chi connectivity index (χ2n) is 7.64. The zero-order chi connectivity index (χ0) is 16.1. The molecule has 1 N–H and O–H groups in total. The Hall–Kier alpha value is -1.65. The van der Waals surface area contributed by atoms with E-state index in [0.29, 0.717) is 17.9 Å². The molecule has 1 aliphatic carbocycles. The number of nitrogens with one attached hydrogen (secondary N) is 1. The Balaban J connectivity index is 1.32. The van der Waals surface area contributed by atoms with Gasteiger partial charge >= 0.3 is 0 Å². The number of benzene rings is 1. The minimum atomic E-state index is 0.120. The van der Waals surface area contributed by atoms with Crippen LogP contribution in [0.3, 0.4) is 0 Å². The van der Waals surface area contributed by atoms with E-state index in [9.17, 15) is 4.79 Å². The Morgan fingerprint density at radius 2 is 1.79 bits per heavy atom. The summed E-state index contributed by atoms with van der Waals surface area (Å²) in [7, 11) is 0. The molecule has 3 unspecified atom stereocenters. The average molecular weight is 338 g/mol. The maximum Gasteiger partial charge on any atom is 0.261 e. The van der Waals surface area contributed by atoms with Gasteiger partial charge in [-0.2, -0.15) is 0 Å². The van der Waals surface area contributed by atoms with Crippen molar-refractivity contribution in [2.45, 2.75) is 18.9 Å². The summed E-state index contributed by atoms with van der Waals surface area (Å²) < 4.78 is 0. The maximum atomic E-state index is 12.8. The fourth-order valence-electron chi connectivity index (χ4n) is 5.10. The highest BCUT2D eigenvalue weighted by molar-refractivity contribution is 7.12. The third kappa shape index (κ3) is 2.49. The highest BCUT2D eigenvalue weighted by Crippen LogP contribution is 2.43. The van der Waals surface area contributed by atoms with Crippen molar-refractivity contribution in [2.75, 3.05) is 19.6 Å². The lowest BCUT2D eigenvalue weighted by atomic mass is 9.65. The SMILES string of the molecule is O=C(NC1[C@@H]2CC3C[C@H]1CN(C3)C2)c1cc(-c2ccccc2)cs1. The molecule has 2 aromatic rings. The molecular weight excluding hydrogens is 316 g/mol. The van der Waals surface area contributed by atoms with Gasteiger partial charge in [0.1, 0.15) is 0 Å². The lowest BCUT2D eigenvalue weighted by molar-refractivity contribution is -0.0418. The second-order valence-corrected chi connectivity index (χ2v) is 8.55. The number of carbonyl (C=O) groups is 1. The highest BCUT2D eigenvalue weighted by atomic mass is 32.1. The largest absolute Gasteiger partial charge is 0.348 e. The molecule has 5 atom stereocenters. The van der Waals surface area contributed by atoms with Crippen LogP contribution in [0.25, 0.3) is 11.1 Å². The molecular formula is C20H22N2OS. The van der Waals surface area contributed by atoms with E-state index in [2.05, 4.69) is 27.7 Å². The Kier molecular flexibility index (Phi) is 3.49. The summed E-state index contributed by atoms with van der Waals surface area (Å²) in [5.74, 6) is 2.32. The summed E-state index contributed by atoms with van der Waals surface area (Å²) in [5, 5.41) is 5.48. The summed E-state index contributed by atoms with van der Waals surface area (Å²) in [6.45, 7) is 3.65. The highest BCUT2D eigenvalue weighted by Gasteiger charge is 2.47. The molecule has 1 aromatic heterocycles. The van der Waals surface area contributed by atoms with E-state index in [0.717, 1.165) is 16.4 Å². The van der Waals surface area contributed by atoms with Crippen LogP contribution < -0.4 is 5.32 Å². The van der Waals surface area contributed by atoms with Crippen LogP contribution in [0.1, 0.15) is 22.5 Å². The van der Waals surface area contributed by atoms with E-state index in [1.54, 1.807) is 11.3 Å². The van der Waals surface area contributed by atoms with Crippen LogP contribution in [-0.2, 0) is 0 Å². The van der Waals surface area contributed by atoms with Gasteiger partial charge in [-0.1, -0.05) is 30.3 Å². The molecule has 1 amide bonds. The monoisotopic (exact) mass is 338 g/mol. The van der Waals surface area contributed by atoms with Crippen LogP contribution in [0.4, 0.5) is 0 Å². The van der Waals surface area contributed by atoms with Crippen molar-refractivity contribution in [3.8, 4) is 11.1 Å². The predicted octanol–water partition coefficient (Wildman–Crippen LogP) is 3.49. The van der Waals surface area contributed by atoms with Gasteiger partial charge in [0.05, 0.1) is 4.88 Å². The van der Waals surface area contributed by atoms with Gasteiger partial charge < -0.3 is 10.2 Å². The standard InChI is InChI=1S/C20H22N2OS/c23-20(18-8-17(12-24-18)14-4-2-1-3-5-14)21-19-15-6-13-7-16(19)11-22(9-13)10-15/h1-5,8,12-13,15-16,19H,6-7,9-11H2,(H,21,23)/t13?,15-,16+,19?. The lowest BCUT2D eigenvalue weighted by Gasteiger charge is -2.55. The van der Waals surface area contributed by atoms with Crippen LogP contribution in [0, 0.1) is 17.8 Å². The van der Waals surface area contributed by atoms with Crippen LogP contribution in [0.2, 0.25) is 0 Å². The number of rotatable bonds is 3. The van der Waals surface area contributed by atoms with Gasteiger partial charge in [-0.25, -0.2) is 0 Å². The minimum absolute atomic E-state index is 0.120. The summed E-state index contributed by atoms with van der Waals surface area (Å²) in [6, 6.07) is 12.7. The number of carbonyl (C=O) groups excluding carboxylic acids is 1. The first kappa shape index (κ1) is 14.7. The molecule has 4 heterocycles. The Morgan fingerprint density at radius 3 is 2.50 bits per heavy atom. The lowest BCUT2D eigenvalue weighted by Crippen LogP contribution is -2.64. The number of piperidine rings is 3. The molecule has 3 nitrogen and oxygen atoms in total. The first-order chi connectivity index (χ1) is 11.8. The molecule has 0 radical (unpaired) electrons. The summed E-state index contributed by atoms with van der Waals surface area (Å²) >= 11 is 1.56. The van der Waals surface area contributed by atoms with E-state index in [1.165, 1.54) is 38.0 Å². The maximum absolute atomic E-state index is 12.8. The molecule has 3 aliphatic heterocycles. The molecule has 4 bridgehead atoms. The number of amides is 1. The summed E-state index contributed by atoms with van der Waals surface area (Å²) in [5.41, 5.74) is 2.32. The van der Waals surface area contributed by atoms with E-state index in [4.69, 9.17) is 0 Å². The minimum Gasteiger partial charge on any atom is -0.348 e. The van der Waals surface area contributed by atoms with E-state index >= 15 is 0 Å². The van der Waals surface area contributed by atoms with Gasteiger partial charge in [-0.05, 0) is 53.2 Å². The molecule has 4 aliphatic rings. The van der Waals surface area contributed by atoms with E-state index < -0.39 is 0 Å². The van der Waals surface area contributed by atoms with Gasteiger partial charge in [0, 0.05) is 25.7 Å². The van der Waals surface area contributed by atoms with Gasteiger partial charge in [0.2, 0.25) is 0 Å². The summed E-state index contributed by atoms with van der Waals surface area (Å²) in [4.78, 5) is 16.2. The van der Waals surface area contributed by atoms with E-state index in [1.807, 2.05) is 24.3 Å². The van der Waals surface area contributed by atoms with Gasteiger partial charge in [0.25, 0.3) is 5.91 Å². The molecule has 1 saturated carbocycles. The van der Waals surface area contributed by atoms with Crippen molar-refractivity contribution < 1.29 is 4.79 Å². The van der Waals surface area contributed by atoms with Crippen LogP contribution in [0.15, 0.2) is 41.8 Å². The number of nitrogens with zero attached hydrogens (tertiary/aromatic N) is 1. The normalized spacial score (nSPS) is 33.6. The van der Waals surface area contributed by atoms with Crippen molar-refractivity contribution in [1.29, 1.82) is 0 Å². The Labute approximate surface area is 146 Å². The van der Waals surface area contributed by atoms with Crippen molar-refractivity contribution >= 4 is 17.2 Å². The molecule has 4 fully saturated rings. The van der Waals surface area contributed by atoms with Crippen LogP contribution >= 0.6 is 11.3 Å². The third-order valence-electron chi connectivity index (χ3n) is 6.02. The van der Waals surface area contributed by atoms with Crippen LogP contribution in [-0.4, -0.2) is 36.5 Å². The van der Waals surface area contributed by atoms with Crippen molar-refractivity contribution in [3.63, 3.8) is 0 Å². The molecule has 24 heavy (non-hydrogen) atoms. The van der Waals surface area contributed by atoms with Gasteiger partial charge in [0.15, 0.2) is 0 Å². The summed E-state index contributed by atoms with van der Waals surface area (Å²) in [6.07, 6.45) is 2.61. The smallest absolute Gasteiger partial charge is 0.261 e. The first-order valence-electron chi connectivity index (χ1n) is 8.93. The zero-order valence-corrected chi connectivity index (χ0v) is 14.5. The second kappa shape index (κ2) is 5.71. The first-order valence-corrected chi connectivity index (χ1v) is 9.81. The van der Waals surface area contributed by atoms with Crippen molar-refractivity contribution in [2.24, 2.45) is 17.8 Å². The predicted molar refractivity (Wildman–Crippen MR) is 97.2 cm³/mol. The average Bonchev–Trinajstić information content (AvgIpc) is 3.08. The Morgan fingerprint density at radius 1 is 1.04 bits per heavy atom. The van der Waals surface area contributed by atoms with Crippen LogP contribution in [0.5, 0.6) is 0 Å². The fourth-order valence-corrected chi connectivity index (χ4v) is 5.92. The fraction of sp³-hybridized carbons (Fsp3) is 0.450. The van der Waals surface area contributed by atoms with E-state index in [-0.39, 0.29) is 5.91 Å². The zero-order valence-electron chi connectivity index (χ0n) is 13.7. The molecule has 3 saturated heterocycles. The number of thiophene rings is 1. The molecule has 4 heteroatoms. The topological polar surface area (TPSA) is 32.3 Å². The van der Waals surface area contributed by atoms with Crippen molar-refractivity contribution in [3.05, 3.63) is 46.7 Å².